The molecule has 0 atom stereocenters. The maximum Gasteiger partial charge on any atom is 0.228 e. The van der Waals surface area contributed by atoms with Crippen LogP contribution in [-0.2, 0) is 4.79 Å². The van der Waals surface area contributed by atoms with E-state index in [4.69, 9.17) is 0 Å². The molecule has 1 aliphatic carbocycles. The van der Waals surface area contributed by atoms with Gasteiger partial charge in [0.2, 0.25) is 5.91 Å². The van der Waals surface area contributed by atoms with Gasteiger partial charge in [-0.2, -0.15) is 0 Å². The Bertz CT molecular complexity index is 898. The molecule has 0 aliphatic heterocycles. The van der Waals surface area contributed by atoms with Crippen molar-refractivity contribution >= 4 is 34.1 Å². The summed E-state index contributed by atoms with van der Waals surface area (Å²) in [6, 6.07) is 13.5. The second-order valence-corrected chi connectivity index (χ2v) is 6.63. The van der Waals surface area contributed by atoms with Gasteiger partial charge in [0.05, 0.1) is 11.2 Å². The predicted octanol–water partition coefficient (Wildman–Crippen LogP) is 4.29. The minimum atomic E-state index is 0.0537. The standard InChI is InChI=1S/C20H21N5O/c26-20(15-6-2-1-3-7-15)23-18-12-11-17(24-25-18)22-16-10-4-8-14-9-5-13-21-19(14)16/h4-5,8-13,15H,1-3,6-7H2,(H,22,24)(H,23,25,26). The summed E-state index contributed by atoms with van der Waals surface area (Å²) in [6.07, 6.45) is 7.19. The van der Waals surface area contributed by atoms with Gasteiger partial charge in [-0.15, -0.1) is 10.2 Å². The van der Waals surface area contributed by atoms with Gasteiger partial charge in [-0.25, -0.2) is 0 Å². The molecule has 0 spiro atoms. The molecule has 6 nitrogen and oxygen atoms in total. The van der Waals surface area contributed by atoms with E-state index in [0.29, 0.717) is 11.6 Å². The summed E-state index contributed by atoms with van der Waals surface area (Å²) in [6.45, 7) is 0. The van der Waals surface area contributed by atoms with Crippen molar-refractivity contribution < 1.29 is 4.79 Å². The van der Waals surface area contributed by atoms with Crippen molar-refractivity contribution in [1.29, 1.82) is 0 Å². The first-order chi connectivity index (χ1) is 12.8. The molecule has 1 aromatic carbocycles. The molecule has 2 aromatic heterocycles. The van der Waals surface area contributed by atoms with E-state index in [2.05, 4.69) is 25.8 Å². The van der Waals surface area contributed by atoms with Gasteiger partial charge in [0, 0.05) is 17.5 Å². The molecule has 3 aromatic rings. The van der Waals surface area contributed by atoms with Gasteiger partial charge in [0.15, 0.2) is 11.6 Å². The maximum atomic E-state index is 12.3. The highest BCUT2D eigenvalue weighted by Gasteiger charge is 2.21. The smallest absolute Gasteiger partial charge is 0.228 e. The van der Waals surface area contributed by atoms with Crippen LogP contribution in [0, 0.1) is 5.92 Å². The van der Waals surface area contributed by atoms with Crippen molar-refractivity contribution in [3.05, 3.63) is 48.7 Å². The number of para-hydroxylation sites is 1. The summed E-state index contributed by atoms with van der Waals surface area (Å²) in [4.78, 5) is 16.7. The summed E-state index contributed by atoms with van der Waals surface area (Å²) in [5.74, 6) is 1.25. The van der Waals surface area contributed by atoms with Crippen LogP contribution in [0.1, 0.15) is 32.1 Å². The van der Waals surface area contributed by atoms with Crippen molar-refractivity contribution in [2.75, 3.05) is 10.6 Å². The lowest BCUT2D eigenvalue weighted by Gasteiger charge is -2.20. The number of rotatable bonds is 4. The molecular formula is C20H21N5O. The number of carbonyl (C=O) groups excluding carboxylic acids is 1. The Morgan fingerprint density at radius 3 is 2.50 bits per heavy atom. The van der Waals surface area contributed by atoms with Crippen LogP contribution in [0.25, 0.3) is 10.9 Å². The van der Waals surface area contributed by atoms with E-state index in [9.17, 15) is 4.79 Å². The lowest BCUT2D eigenvalue weighted by Crippen LogP contribution is -2.25. The maximum absolute atomic E-state index is 12.3. The van der Waals surface area contributed by atoms with E-state index in [1.165, 1.54) is 6.42 Å². The molecule has 26 heavy (non-hydrogen) atoms. The molecular weight excluding hydrogens is 326 g/mol. The van der Waals surface area contributed by atoms with E-state index in [0.717, 1.165) is 42.3 Å². The fourth-order valence-electron chi connectivity index (χ4n) is 3.40. The topological polar surface area (TPSA) is 79.8 Å². The number of pyridine rings is 1. The number of anilines is 3. The number of nitrogens with zero attached hydrogens (tertiary/aromatic N) is 3. The number of aromatic nitrogens is 3. The van der Waals surface area contributed by atoms with Crippen molar-refractivity contribution in [3.63, 3.8) is 0 Å². The molecule has 0 bridgehead atoms. The average molecular weight is 347 g/mol. The Balaban J connectivity index is 1.45. The Kier molecular flexibility index (Phi) is 4.73. The van der Waals surface area contributed by atoms with Crippen LogP contribution in [0.3, 0.4) is 0 Å². The van der Waals surface area contributed by atoms with Gasteiger partial charge in [-0.05, 0) is 37.1 Å². The molecule has 1 fully saturated rings. The Morgan fingerprint density at radius 1 is 0.923 bits per heavy atom. The van der Waals surface area contributed by atoms with Gasteiger partial charge in [0.25, 0.3) is 0 Å². The first-order valence-electron chi connectivity index (χ1n) is 9.05. The lowest BCUT2D eigenvalue weighted by molar-refractivity contribution is -0.120. The first kappa shape index (κ1) is 16.4. The molecule has 1 amide bonds. The molecule has 2 N–H and O–H groups in total. The highest BCUT2D eigenvalue weighted by Crippen LogP contribution is 2.25. The van der Waals surface area contributed by atoms with Crippen molar-refractivity contribution in [2.24, 2.45) is 5.92 Å². The summed E-state index contributed by atoms with van der Waals surface area (Å²) < 4.78 is 0. The molecule has 0 unspecified atom stereocenters. The van der Waals surface area contributed by atoms with Gasteiger partial charge < -0.3 is 10.6 Å². The second-order valence-electron chi connectivity index (χ2n) is 6.63. The highest BCUT2D eigenvalue weighted by molar-refractivity contribution is 5.92. The molecule has 1 aliphatic rings. The Morgan fingerprint density at radius 2 is 1.69 bits per heavy atom. The van der Waals surface area contributed by atoms with E-state index in [-0.39, 0.29) is 11.8 Å². The van der Waals surface area contributed by atoms with E-state index in [1.807, 2.05) is 36.4 Å². The number of benzene rings is 1. The Hall–Kier alpha value is -3.02. The van der Waals surface area contributed by atoms with Gasteiger partial charge >= 0.3 is 0 Å². The van der Waals surface area contributed by atoms with E-state index in [1.54, 1.807) is 12.3 Å². The van der Waals surface area contributed by atoms with Crippen LogP contribution in [0.15, 0.2) is 48.7 Å². The number of nitrogens with one attached hydrogen (secondary N) is 2. The summed E-state index contributed by atoms with van der Waals surface area (Å²) in [5.41, 5.74) is 1.75. The van der Waals surface area contributed by atoms with Gasteiger partial charge in [0.1, 0.15) is 0 Å². The van der Waals surface area contributed by atoms with Crippen LogP contribution in [-0.4, -0.2) is 21.1 Å². The number of amides is 1. The SMILES string of the molecule is O=C(Nc1ccc(Nc2cccc3cccnc23)nn1)C1CCCCC1. The van der Waals surface area contributed by atoms with Crippen molar-refractivity contribution in [2.45, 2.75) is 32.1 Å². The van der Waals surface area contributed by atoms with Crippen LogP contribution < -0.4 is 10.6 Å². The number of hydrogen-bond donors (Lipinski definition) is 2. The molecule has 6 heteroatoms. The third-order valence-corrected chi connectivity index (χ3v) is 4.79. The minimum Gasteiger partial charge on any atom is -0.337 e. The van der Waals surface area contributed by atoms with Gasteiger partial charge in [-0.3, -0.25) is 9.78 Å². The third-order valence-electron chi connectivity index (χ3n) is 4.79. The van der Waals surface area contributed by atoms with Crippen LogP contribution in [0.5, 0.6) is 0 Å². The normalized spacial score (nSPS) is 14.9. The third kappa shape index (κ3) is 3.64. The zero-order valence-electron chi connectivity index (χ0n) is 14.5. The molecule has 4 rings (SSSR count). The zero-order chi connectivity index (χ0) is 17.8. The summed E-state index contributed by atoms with van der Waals surface area (Å²) in [5, 5.41) is 15.5. The molecule has 1 saturated carbocycles. The molecule has 2 heterocycles. The monoisotopic (exact) mass is 347 g/mol. The van der Waals surface area contributed by atoms with Gasteiger partial charge in [-0.1, -0.05) is 37.5 Å². The second kappa shape index (κ2) is 7.47. The highest BCUT2D eigenvalue weighted by atomic mass is 16.1. The number of fused-ring (bicyclic) bond motifs is 1. The molecule has 132 valence electrons. The molecule has 0 saturated heterocycles. The summed E-state index contributed by atoms with van der Waals surface area (Å²) >= 11 is 0. The van der Waals surface area contributed by atoms with Crippen LogP contribution >= 0.6 is 0 Å². The number of carbonyl (C=O) groups is 1. The number of hydrogen-bond acceptors (Lipinski definition) is 5. The van der Waals surface area contributed by atoms with Crippen molar-refractivity contribution in [1.82, 2.24) is 15.2 Å². The average Bonchev–Trinajstić information content (AvgIpc) is 2.70. The predicted molar refractivity (Wildman–Crippen MR) is 102 cm³/mol. The largest absolute Gasteiger partial charge is 0.337 e. The Labute approximate surface area is 152 Å². The van der Waals surface area contributed by atoms with Crippen LogP contribution in [0.4, 0.5) is 17.3 Å². The zero-order valence-corrected chi connectivity index (χ0v) is 14.5. The summed E-state index contributed by atoms with van der Waals surface area (Å²) in [7, 11) is 0. The molecule has 0 radical (unpaired) electrons. The first-order valence-corrected chi connectivity index (χ1v) is 9.05. The lowest BCUT2D eigenvalue weighted by atomic mass is 9.89. The van der Waals surface area contributed by atoms with Crippen molar-refractivity contribution in [3.8, 4) is 0 Å². The van der Waals surface area contributed by atoms with E-state index < -0.39 is 0 Å². The van der Waals surface area contributed by atoms with E-state index >= 15 is 0 Å². The van der Waals surface area contributed by atoms with Crippen LogP contribution in [0.2, 0.25) is 0 Å². The fraction of sp³-hybridized carbons (Fsp3) is 0.300. The minimum absolute atomic E-state index is 0.0537. The quantitative estimate of drug-likeness (QED) is 0.736. The fourth-order valence-corrected chi connectivity index (χ4v) is 3.40.